The van der Waals surface area contributed by atoms with Crippen LogP contribution >= 0.6 is 11.8 Å². The lowest BCUT2D eigenvalue weighted by Gasteiger charge is -2.11. The Bertz CT molecular complexity index is 477. The van der Waals surface area contributed by atoms with Crippen LogP contribution in [0.2, 0.25) is 0 Å². The summed E-state index contributed by atoms with van der Waals surface area (Å²) in [7, 11) is 2.81. The molecule has 1 unspecified atom stereocenters. The van der Waals surface area contributed by atoms with Crippen molar-refractivity contribution < 1.29 is 19.2 Å². The summed E-state index contributed by atoms with van der Waals surface area (Å²) in [6.45, 7) is 1.81. The molecular formula is C12H15NO5S. The quantitative estimate of drug-likeness (QED) is 0.346. The van der Waals surface area contributed by atoms with Gasteiger partial charge in [-0.15, -0.1) is 11.8 Å². The molecule has 104 valence electrons. The van der Waals surface area contributed by atoms with Crippen molar-refractivity contribution in [2.75, 3.05) is 14.2 Å². The number of carbonyl (C=O) groups is 1. The topological polar surface area (TPSA) is 78.7 Å². The fourth-order valence-corrected chi connectivity index (χ4v) is 2.54. The highest BCUT2D eigenvalue weighted by atomic mass is 32.2. The zero-order valence-electron chi connectivity index (χ0n) is 10.9. The van der Waals surface area contributed by atoms with Crippen molar-refractivity contribution in [1.29, 1.82) is 0 Å². The molecular weight excluding hydrogens is 270 g/mol. The van der Waals surface area contributed by atoms with Crippen LogP contribution in [-0.4, -0.2) is 30.4 Å². The maximum absolute atomic E-state index is 11.2. The van der Waals surface area contributed by atoms with Crippen LogP contribution < -0.4 is 4.74 Å². The van der Waals surface area contributed by atoms with E-state index in [0.29, 0.717) is 10.6 Å². The van der Waals surface area contributed by atoms with Crippen molar-refractivity contribution in [2.45, 2.75) is 23.5 Å². The summed E-state index contributed by atoms with van der Waals surface area (Å²) in [6, 6.07) is 4.52. The Balaban J connectivity index is 2.91. The van der Waals surface area contributed by atoms with Gasteiger partial charge in [0.25, 0.3) is 5.69 Å². The minimum absolute atomic E-state index is 0.00233. The van der Waals surface area contributed by atoms with Gasteiger partial charge in [0, 0.05) is 17.4 Å². The molecule has 0 heterocycles. The summed E-state index contributed by atoms with van der Waals surface area (Å²) in [5.74, 6) is 0.198. The van der Waals surface area contributed by atoms with Crippen LogP contribution in [0.4, 0.5) is 5.69 Å². The van der Waals surface area contributed by atoms with Crippen LogP contribution in [0.15, 0.2) is 23.1 Å². The predicted molar refractivity (Wildman–Crippen MR) is 71.6 cm³/mol. The average Bonchev–Trinajstić information content (AvgIpc) is 2.37. The lowest BCUT2D eigenvalue weighted by Crippen LogP contribution is -2.08. The molecule has 0 fully saturated rings. The number of esters is 1. The van der Waals surface area contributed by atoms with E-state index in [9.17, 15) is 14.9 Å². The molecule has 0 aromatic heterocycles. The fraction of sp³-hybridized carbons (Fsp3) is 0.417. The number of nitrogens with zero attached hydrogens (tertiary/aromatic N) is 1. The normalized spacial score (nSPS) is 11.7. The average molecular weight is 285 g/mol. The first-order valence-electron chi connectivity index (χ1n) is 5.53. The molecule has 0 aliphatic heterocycles. The third-order valence-electron chi connectivity index (χ3n) is 2.37. The summed E-state index contributed by atoms with van der Waals surface area (Å²) in [5, 5.41) is 10.8. The minimum atomic E-state index is -0.452. The monoisotopic (exact) mass is 285 g/mol. The number of nitro groups is 1. The van der Waals surface area contributed by atoms with Gasteiger partial charge in [-0.2, -0.15) is 0 Å². The first kappa shape index (κ1) is 15.3. The molecule has 0 bridgehead atoms. The molecule has 7 heteroatoms. The lowest BCUT2D eigenvalue weighted by atomic mass is 10.3. The highest BCUT2D eigenvalue weighted by molar-refractivity contribution is 8.00. The molecule has 0 saturated carbocycles. The number of nitro benzene ring substituents is 1. The molecule has 1 rings (SSSR count). The lowest BCUT2D eigenvalue weighted by molar-refractivity contribution is -0.387. The first-order chi connectivity index (χ1) is 8.97. The minimum Gasteiger partial charge on any atom is -0.497 e. The van der Waals surface area contributed by atoms with Crippen molar-refractivity contribution in [2.24, 2.45) is 0 Å². The van der Waals surface area contributed by atoms with Crippen molar-refractivity contribution in [3.8, 4) is 5.75 Å². The van der Waals surface area contributed by atoms with Crippen LogP contribution in [0.1, 0.15) is 13.3 Å². The molecule has 6 nitrogen and oxygen atoms in total. The van der Waals surface area contributed by atoms with E-state index in [1.54, 1.807) is 6.07 Å². The highest BCUT2D eigenvalue weighted by Crippen LogP contribution is 2.35. The Morgan fingerprint density at radius 1 is 1.47 bits per heavy atom. The number of thioether (sulfide) groups is 1. The van der Waals surface area contributed by atoms with Gasteiger partial charge in [0.1, 0.15) is 5.75 Å². The van der Waals surface area contributed by atoms with E-state index < -0.39 is 4.92 Å². The predicted octanol–water partition coefficient (Wildman–Crippen LogP) is 2.65. The molecule has 0 amide bonds. The van der Waals surface area contributed by atoms with Crippen LogP contribution in [0, 0.1) is 10.1 Å². The summed E-state index contributed by atoms with van der Waals surface area (Å²) >= 11 is 1.25. The Morgan fingerprint density at radius 3 is 2.68 bits per heavy atom. The van der Waals surface area contributed by atoms with E-state index in [4.69, 9.17) is 4.74 Å². The van der Waals surface area contributed by atoms with E-state index in [1.807, 2.05) is 6.92 Å². The second-order valence-corrected chi connectivity index (χ2v) is 5.28. The largest absolute Gasteiger partial charge is 0.497 e. The van der Waals surface area contributed by atoms with Crippen molar-refractivity contribution in [3.63, 3.8) is 0 Å². The molecule has 19 heavy (non-hydrogen) atoms. The molecule has 0 spiro atoms. The molecule has 1 aromatic rings. The van der Waals surface area contributed by atoms with Crippen LogP contribution in [0.3, 0.4) is 0 Å². The third-order valence-corrected chi connectivity index (χ3v) is 3.52. The van der Waals surface area contributed by atoms with Crippen molar-refractivity contribution in [1.82, 2.24) is 0 Å². The smallest absolute Gasteiger partial charge is 0.306 e. The van der Waals surface area contributed by atoms with E-state index >= 15 is 0 Å². The molecule has 0 N–H and O–H groups in total. The second kappa shape index (κ2) is 6.98. The number of benzene rings is 1. The molecule has 1 atom stereocenters. The zero-order valence-corrected chi connectivity index (χ0v) is 11.7. The van der Waals surface area contributed by atoms with Gasteiger partial charge in [0.05, 0.1) is 30.5 Å². The Hall–Kier alpha value is -1.76. The zero-order chi connectivity index (χ0) is 14.4. The first-order valence-corrected chi connectivity index (χ1v) is 6.41. The van der Waals surface area contributed by atoms with Crippen molar-refractivity contribution in [3.05, 3.63) is 28.3 Å². The molecule has 0 aliphatic rings. The van der Waals surface area contributed by atoms with E-state index in [2.05, 4.69) is 4.74 Å². The Labute approximate surface area is 115 Å². The maximum Gasteiger partial charge on any atom is 0.306 e. The molecule has 0 saturated heterocycles. The van der Waals surface area contributed by atoms with E-state index in [0.717, 1.165) is 0 Å². The highest BCUT2D eigenvalue weighted by Gasteiger charge is 2.19. The van der Waals surface area contributed by atoms with Gasteiger partial charge in [0.2, 0.25) is 0 Å². The van der Waals surface area contributed by atoms with Gasteiger partial charge >= 0.3 is 5.97 Å². The number of hydrogen-bond donors (Lipinski definition) is 0. The van der Waals surface area contributed by atoms with Crippen molar-refractivity contribution >= 4 is 23.4 Å². The fourth-order valence-electron chi connectivity index (χ4n) is 1.44. The molecule has 0 radical (unpaired) electrons. The number of rotatable bonds is 6. The second-order valence-electron chi connectivity index (χ2n) is 3.80. The number of methoxy groups -OCH3 is 2. The van der Waals surface area contributed by atoms with Gasteiger partial charge in [0.15, 0.2) is 0 Å². The summed E-state index contributed by atoms with van der Waals surface area (Å²) in [5.41, 5.74) is 0.00233. The Morgan fingerprint density at radius 2 is 2.16 bits per heavy atom. The van der Waals surface area contributed by atoms with Gasteiger partial charge in [-0.05, 0) is 6.07 Å². The molecule has 1 aromatic carbocycles. The number of ether oxygens (including phenoxy) is 2. The number of hydrogen-bond acceptors (Lipinski definition) is 6. The van der Waals surface area contributed by atoms with Gasteiger partial charge < -0.3 is 9.47 Å². The third kappa shape index (κ3) is 4.44. The SMILES string of the molecule is COC(=O)CC(C)Sc1cc(OC)ccc1[N+](=O)[O-]. The van der Waals surface area contributed by atoms with Crippen LogP contribution in [-0.2, 0) is 9.53 Å². The van der Waals surface area contributed by atoms with Crippen LogP contribution in [0.5, 0.6) is 5.75 Å². The van der Waals surface area contributed by atoms with Gasteiger partial charge in [-0.25, -0.2) is 0 Å². The maximum atomic E-state index is 11.2. The van der Waals surface area contributed by atoms with Crippen LogP contribution in [0.25, 0.3) is 0 Å². The number of carbonyl (C=O) groups excluding carboxylic acids is 1. The summed E-state index contributed by atoms with van der Waals surface area (Å²) in [4.78, 5) is 22.1. The van der Waals surface area contributed by atoms with E-state index in [1.165, 1.54) is 38.1 Å². The standard InChI is InChI=1S/C12H15NO5S/c1-8(6-12(14)18-3)19-11-7-9(17-2)4-5-10(11)13(15)16/h4-5,7-8H,6H2,1-3H3. The van der Waals surface area contributed by atoms with Gasteiger partial charge in [-0.1, -0.05) is 6.92 Å². The van der Waals surface area contributed by atoms with Gasteiger partial charge in [-0.3, -0.25) is 14.9 Å². The summed E-state index contributed by atoms with van der Waals surface area (Å²) in [6.07, 6.45) is 0.190. The summed E-state index contributed by atoms with van der Waals surface area (Å²) < 4.78 is 9.62. The Kier molecular flexibility index (Phi) is 5.62. The van der Waals surface area contributed by atoms with E-state index in [-0.39, 0.29) is 23.3 Å². The molecule has 0 aliphatic carbocycles.